The van der Waals surface area contributed by atoms with E-state index in [4.69, 9.17) is 9.47 Å². The molecule has 2 aromatic carbocycles. The molecular formula is C20H19F2NO3S. The third kappa shape index (κ3) is 4.03. The number of hydrogen-bond acceptors (Lipinski definition) is 4. The molecule has 2 heterocycles. The molecule has 0 saturated carbocycles. The first kappa shape index (κ1) is 18.1. The summed E-state index contributed by atoms with van der Waals surface area (Å²) in [5, 5.41) is 0.264. The number of carbonyl (C=O) groups is 1. The van der Waals surface area contributed by atoms with Gasteiger partial charge in [0.1, 0.15) is 11.6 Å². The van der Waals surface area contributed by atoms with Crippen LogP contribution in [0, 0.1) is 11.6 Å². The first-order chi connectivity index (χ1) is 13.1. The van der Waals surface area contributed by atoms with Gasteiger partial charge in [0.25, 0.3) is 0 Å². The van der Waals surface area contributed by atoms with E-state index in [0.29, 0.717) is 13.1 Å². The monoisotopic (exact) mass is 391 g/mol. The summed E-state index contributed by atoms with van der Waals surface area (Å²) in [6.07, 6.45) is 0.757. The summed E-state index contributed by atoms with van der Waals surface area (Å²) in [7, 11) is 0. The summed E-state index contributed by atoms with van der Waals surface area (Å²) in [4.78, 5) is 14.3. The second-order valence-corrected chi connectivity index (χ2v) is 7.86. The van der Waals surface area contributed by atoms with E-state index in [1.54, 1.807) is 16.7 Å². The van der Waals surface area contributed by atoms with Gasteiger partial charge in [-0.3, -0.25) is 4.79 Å². The van der Waals surface area contributed by atoms with Gasteiger partial charge in [-0.15, -0.1) is 0 Å². The highest BCUT2D eigenvalue weighted by atomic mass is 32.2. The van der Waals surface area contributed by atoms with Gasteiger partial charge in [-0.2, -0.15) is 11.8 Å². The molecule has 0 aromatic heterocycles. The highest BCUT2D eigenvalue weighted by Gasteiger charge is 2.24. The van der Waals surface area contributed by atoms with E-state index in [0.717, 1.165) is 35.3 Å². The molecule has 2 aliphatic heterocycles. The van der Waals surface area contributed by atoms with Crippen molar-refractivity contribution in [2.75, 3.05) is 25.6 Å². The predicted octanol–water partition coefficient (Wildman–Crippen LogP) is 3.94. The molecule has 1 fully saturated rings. The van der Waals surface area contributed by atoms with Crippen LogP contribution in [0.2, 0.25) is 0 Å². The molecular weight excluding hydrogens is 372 g/mol. The fraction of sp³-hybridized carbons (Fsp3) is 0.350. The van der Waals surface area contributed by atoms with Crippen LogP contribution >= 0.6 is 11.8 Å². The molecule has 0 bridgehead atoms. The van der Waals surface area contributed by atoms with Crippen LogP contribution in [0.1, 0.15) is 22.8 Å². The molecule has 27 heavy (non-hydrogen) atoms. The summed E-state index contributed by atoms with van der Waals surface area (Å²) in [5.74, 6) is 0.878. The first-order valence-electron chi connectivity index (χ1n) is 8.83. The first-order valence-corrected chi connectivity index (χ1v) is 9.88. The lowest BCUT2D eigenvalue weighted by atomic mass is 10.1. The largest absolute Gasteiger partial charge is 0.454 e. The summed E-state index contributed by atoms with van der Waals surface area (Å²) in [5.41, 5.74) is 1.38. The Bertz CT molecular complexity index is 861. The molecule has 7 heteroatoms. The molecule has 1 saturated heterocycles. The van der Waals surface area contributed by atoms with Crippen molar-refractivity contribution in [3.8, 4) is 11.5 Å². The van der Waals surface area contributed by atoms with Gasteiger partial charge in [-0.25, -0.2) is 8.78 Å². The molecule has 0 radical (unpaired) electrons. The van der Waals surface area contributed by atoms with Crippen LogP contribution in [-0.2, 0) is 11.2 Å². The average Bonchev–Trinajstić information content (AvgIpc) is 2.98. The van der Waals surface area contributed by atoms with Crippen LogP contribution in [-0.4, -0.2) is 36.4 Å². The van der Waals surface area contributed by atoms with Crippen LogP contribution in [0.15, 0.2) is 36.4 Å². The van der Waals surface area contributed by atoms with Crippen LogP contribution in [0.25, 0.3) is 0 Å². The number of rotatable bonds is 3. The number of carbonyl (C=O) groups excluding carboxylic acids is 1. The fourth-order valence-electron chi connectivity index (χ4n) is 3.34. The molecule has 2 aliphatic rings. The number of thioether (sulfide) groups is 1. The van der Waals surface area contributed by atoms with E-state index in [1.807, 2.05) is 18.2 Å². The highest BCUT2D eigenvalue weighted by Crippen LogP contribution is 2.40. The Morgan fingerprint density at radius 3 is 2.81 bits per heavy atom. The van der Waals surface area contributed by atoms with Gasteiger partial charge in [0, 0.05) is 30.2 Å². The van der Waals surface area contributed by atoms with Gasteiger partial charge < -0.3 is 14.4 Å². The summed E-state index contributed by atoms with van der Waals surface area (Å²) < 4.78 is 37.6. The van der Waals surface area contributed by atoms with E-state index in [9.17, 15) is 13.6 Å². The zero-order chi connectivity index (χ0) is 18.8. The van der Waals surface area contributed by atoms with Crippen molar-refractivity contribution in [1.29, 1.82) is 0 Å². The number of benzene rings is 2. The van der Waals surface area contributed by atoms with Gasteiger partial charge in [-0.05, 0) is 35.7 Å². The standard InChI is InChI=1S/C20H19F2NO3S/c21-15-3-1-13(16(22)11-15)10-20(24)23-6-5-19(27-8-7-23)14-2-4-17-18(9-14)26-12-25-17/h1-4,9,11,19H,5-8,10,12H2. The van der Waals surface area contributed by atoms with Crippen LogP contribution in [0.4, 0.5) is 8.78 Å². The molecule has 0 aliphatic carbocycles. The number of amides is 1. The van der Waals surface area contributed by atoms with Gasteiger partial charge >= 0.3 is 0 Å². The van der Waals surface area contributed by atoms with Crippen molar-refractivity contribution >= 4 is 17.7 Å². The normalized spacial score (nSPS) is 19.0. The lowest BCUT2D eigenvalue weighted by molar-refractivity contribution is -0.130. The van der Waals surface area contributed by atoms with Crippen LogP contribution in [0.3, 0.4) is 0 Å². The van der Waals surface area contributed by atoms with Crippen molar-refractivity contribution in [1.82, 2.24) is 4.90 Å². The van der Waals surface area contributed by atoms with Crippen molar-refractivity contribution in [3.63, 3.8) is 0 Å². The molecule has 1 amide bonds. The Kier molecular flexibility index (Phi) is 5.20. The number of halogens is 2. The Morgan fingerprint density at radius 1 is 1.11 bits per heavy atom. The number of hydrogen-bond donors (Lipinski definition) is 0. The Balaban J connectivity index is 1.40. The lowest BCUT2D eigenvalue weighted by Crippen LogP contribution is -2.34. The lowest BCUT2D eigenvalue weighted by Gasteiger charge is -2.20. The molecule has 142 valence electrons. The van der Waals surface area contributed by atoms with E-state index < -0.39 is 11.6 Å². The Morgan fingerprint density at radius 2 is 1.96 bits per heavy atom. The second kappa shape index (κ2) is 7.76. The minimum Gasteiger partial charge on any atom is -0.454 e. The highest BCUT2D eigenvalue weighted by molar-refractivity contribution is 7.99. The van der Waals surface area contributed by atoms with Crippen molar-refractivity contribution < 1.29 is 23.0 Å². The second-order valence-electron chi connectivity index (χ2n) is 6.55. The Hall–Kier alpha value is -2.28. The molecule has 4 rings (SSSR count). The van der Waals surface area contributed by atoms with Crippen molar-refractivity contribution in [2.45, 2.75) is 18.1 Å². The third-order valence-electron chi connectivity index (χ3n) is 4.82. The summed E-state index contributed by atoms with van der Waals surface area (Å²) in [6, 6.07) is 9.30. The maximum absolute atomic E-state index is 13.8. The average molecular weight is 391 g/mol. The van der Waals surface area contributed by atoms with Crippen LogP contribution < -0.4 is 9.47 Å². The number of fused-ring (bicyclic) bond motifs is 1. The number of nitrogens with zero attached hydrogens (tertiary/aromatic N) is 1. The molecule has 0 N–H and O–H groups in total. The minimum atomic E-state index is -0.675. The number of ether oxygens (including phenoxy) is 2. The van der Waals surface area contributed by atoms with Gasteiger partial charge in [0.2, 0.25) is 12.7 Å². The third-order valence-corrected chi connectivity index (χ3v) is 6.15. The molecule has 4 nitrogen and oxygen atoms in total. The van der Waals surface area contributed by atoms with Crippen molar-refractivity contribution in [2.24, 2.45) is 0 Å². The molecule has 1 atom stereocenters. The van der Waals surface area contributed by atoms with Gasteiger partial charge in [0.05, 0.1) is 6.42 Å². The predicted molar refractivity (Wildman–Crippen MR) is 99.0 cm³/mol. The minimum absolute atomic E-state index is 0.0501. The SMILES string of the molecule is O=C(Cc1ccc(F)cc1F)N1CCSC(c2ccc3c(c2)OCO3)CC1. The van der Waals surface area contributed by atoms with E-state index in [1.165, 1.54) is 12.1 Å². The van der Waals surface area contributed by atoms with E-state index in [-0.39, 0.29) is 29.9 Å². The fourth-order valence-corrected chi connectivity index (χ4v) is 4.56. The maximum atomic E-state index is 13.8. The zero-order valence-electron chi connectivity index (χ0n) is 14.6. The maximum Gasteiger partial charge on any atom is 0.231 e. The van der Waals surface area contributed by atoms with E-state index >= 15 is 0 Å². The summed E-state index contributed by atoms with van der Waals surface area (Å²) >= 11 is 1.80. The smallest absolute Gasteiger partial charge is 0.231 e. The zero-order valence-corrected chi connectivity index (χ0v) is 15.4. The Labute approximate surface area is 160 Å². The van der Waals surface area contributed by atoms with E-state index in [2.05, 4.69) is 0 Å². The molecule has 1 unspecified atom stereocenters. The quantitative estimate of drug-likeness (QED) is 0.794. The van der Waals surface area contributed by atoms with Gasteiger partial charge in [-0.1, -0.05) is 12.1 Å². The molecule has 0 spiro atoms. The van der Waals surface area contributed by atoms with Gasteiger partial charge in [0.15, 0.2) is 11.5 Å². The van der Waals surface area contributed by atoms with Crippen LogP contribution in [0.5, 0.6) is 11.5 Å². The summed E-state index contributed by atoms with van der Waals surface area (Å²) in [6.45, 7) is 1.47. The molecule has 2 aromatic rings. The topological polar surface area (TPSA) is 38.8 Å². The van der Waals surface area contributed by atoms with Crippen molar-refractivity contribution in [3.05, 3.63) is 59.2 Å².